The highest BCUT2D eigenvalue weighted by molar-refractivity contribution is 9.10. The molecule has 0 aliphatic rings. The summed E-state index contributed by atoms with van der Waals surface area (Å²) in [6.45, 7) is 1.87. The molecule has 0 aliphatic heterocycles. The Bertz CT molecular complexity index is 958. The maximum absolute atomic E-state index is 13.9. The lowest BCUT2D eigenvalue weighted by atomic mass is 10.2. The molecule has 0 N–H and O–H groups in total. The first-order valence-corrected chi connectivity index (χ1v) is 8.91. The third-order valence-electron chi connectivity index (χ3n) is 3.79. The van der Waals surface area contributed by atoms with Crippen molar-refractivity contribution >= 4 is 33.4 Å². The molecule has 1 amide bonds. The van der Waals surface area contributed by atoms with Gasteiger partial charge in [-0.05, 0) is 49.4 Å². The average Bonchev–Trinajstić information content (AvgIpc) is 3.00. The molecule has 0 saturated carbocycles. The maximum atomic E-state index is 13.9. The van der Waals surface area contributed by atoms with E-state index >= 15 is 0 Å². The number of aryl methyl sites for hydroxylation is 1. The number of aromatic nitrogens is 3. The normalized spacial score (nSPS) is 10.8. The first-order chi connectivity index (χ1) is 12.3. The lowest BCUT2D eigenvalue weighted by Crippen LogP contribution is -2.27. The Morgan fingerprint density at radius 2 is 1.96 bits per heavy atom. The summed E-state index contributed by atoms with van der Waals surface area (Å²) in [6, 6.07) is 11.7. The molecule has 0 spiro atoms. The van der Waals surface area contributed by atoms with E-state index in [0.717, 1.165) is 10.2 Å². The predicted octanol–water partition coefficient (Wildman–Crippen LogP) is 4.40. The van der Waals surface area contributed by atoms with Gasteiger partial charge in [0.1, 0.15) is 11.6 Å². The quantitative estimate of drug-likeness (QED) is 0.608. The standard InChI is InChI=1S/C18H15BrClFN4O/c1-11-22-17(23-25(11)15-6-4-14(20)5-7-15)18(26)24(2)10-12-9-13(19)3-8-16(12)21/h3-9H,10H2,1-2H3. The second-order valence-electron chi connectivity index (χ2n) is 5.77. The first kappa shape index (κ1) is 18.5. The van der Waals surface area contributed by atoms with Gasteiger partial charge in [-0.3, -0.25) is 4.79 Å². The zero-order valence-electron chi connectivity index (χ0n) is 14.1. The Morgan fingerprint density at radius 3 is 2.65 bits per heavy atom. The predicted molar refractivity (Wildman–Crippen MR) is 101 cm³/mol. The summed E-state index contributed by atoms with van der Waals surface area (Å²) in [5, 5.41) is 4.89. The molecule has 1 heterocycles. The molecule has 8 heteroatoms. The summed E-state index contributed by atoms with van der Waals surface area (Å²) in [7, 11) is 1.58. The lowest BCUT2D eigenvalue weighted by molar-refractivity contribution is 0.0771. The zero-order valence-corrected chi connectivity index (χ0v) is 16.4. The minimum Gasteiger partial charge on any atom is -0.334 e. The van der Waals surface area contributed by atoms with E-state index in [2.05, 4.69) is 26.0 Å². The van der Waals surface area contributed by atoms with Gasteiger partial charge >= 0.3 is 0 Å². The lowest BCUT2D eigenvalue weighted by Gasteiger charge is -2.16. The van der Waals surface area contributed by atoms with Crippen LogP contribution in [0.5, 0.6) is 0 Å². The topological polar surface area (TPSA) is 51.0 Å². The van der Waals surface area contributed by atoms with E-state index in [9.17, 15) is 9.18 Å². The number of halogens is 3. The first-order valence-electron chi connectivity index (χ1n) is 7.74. The van der Waals surface area contributed by atoms with Crippen LogP contribution in [0.3, 0.4) is 0 Å². The van der Waals surface area contributed by atoms with Gasteiger partial charge in [-0.2, -0.15) is 0 Å². The van der Waals surface area contributed by atoms with E-state index in [0.29, 0.717) is 16.4 Å². The van der Waals surface area contributed by atoms with Crippen molar-refractivity contribution in [1.82, 2.24) is 19.7 Å². The molecule has 3 aromatic rings. The van der Waals surface area contributed by atoms with E-state index in [4.69, 9.17) is 11.6 Å². The molecule has 26 heavy (non-hydrogen) atoms. The van der Waals surface area contributed by atoms with Crippen molar-refractivity contribution in [2.24, 2.45) is 0 Å². The summed E-state index contributed by atoms with van der Waals surface area (Å²) >= 11 is 9.20. The van der Waals surface area contributed by atoms with Crippen LogP contribution in [0, 0.1) is 12.7 Å². The molecular weight excluding hydrogens is 423 g/mol. The molecule has 0 aliphatic carbocycles. The molecule has 5 nitrogen and oxygen atoms in total. The number of nitrogens with zero attached hydrogens (tertiary/aromatic N) is 4. The van der Waals surface area contributed by atoms with E-state index in [-0.39, 0.29) is 24.1 Å². The monoisotopic (exact) mass is 436 g/mol. The van der Waals surface area contributed by atoms with Crippen LogP contribution in [0.4, 0.5) is 4.39 Å². The van der Waals surface area contributed by atoms with Crippen molar-refractivity contribution in [3.63, 3.8) is 0 Å². The third-order valence-corrected chi connectivity index (χ3v) is 4.54. The molecule has 0 saturated heterocycles. The molecule has 0 bridgehead atoms. The van der Waals surface area contributed by atoms with Gasteiger partial charge in [-0.15, -0.1) is 5.10 Å². The maximum Gasteiger partial charge on any atom is 0.293 e. The molecule has 0 fully saturated rings. The smallest absolute Gasteiger partial charge is 0.293 e. The molecule has 1 aromatic heterocycles. The van der Waals surface area contributed by atoms with Gasteiger partial charge in [0, 0.05) is 28.7 Å². The molecule has 0 radical (unpaired) electrons. The van der Waals surface area contributed by atoms with Crippen molar-refractivity contribution in [3.8, 4) is 5.69 Å². The Kier molecular flexibility index (Phi) is 5.38. The number of amides is 1. The second kappa shape index (κ2) is 7.55. The van der Waals surface area contributed by atoms with E-state index in [1.54, 1.807) is 55.1 Å². The van der Waals surface area contributed by atoms with Gasteiger partial charge in [0.2, 0.25) is 5.82 Å². The van der Waals surface area contributed by atoms with Crippen molar-refractivity contribution in [2.75, 3.05) is 7.05 Å². The molecule has 2 aromatic carbocycles. The number of carbonyl (C=O) groups excluding carboxylic acids is 1. The van der Waals surface area contributed by atoms with Crippen LogP contribution in [-0.4, -0.2) is 32.6 Å². The van der Waals surface area contributed by atoms with Crippen LogP contribution in [0.25, 0.3) is 5.69 Å². The SMILES string of the molecule is Cc1nc(C(=O)N(C)Cc2cc(Br)ccc2F)nn1-c1ccc(Cl)cc1. The van der Waals surface area contributed by atoms with Crippen LogP contribution < -0.4 is 0 Å². The van der Waals surface area contributed by atoms with Crippen molar-refractivity contribution in [2.45, 2.75) is 13.5 Å². The van der Waals surface area contributed by atoms with Gasteiger partial charge in [0.25, 0.3) is 5.91 Å². The minimum absolute atomic E-state index is 0.0513. The van der Waals surface area contributed by atoms with E-state index in [1.165, 1.54) is 11.0 Å². The van der Waals surface area contributed by atoms with E-state index in [1.807, 2.05) is 0 Å². The summed E-state index contributed by atoms with van der Waals surface area (Å²) < 4.78 is 16.2. The minimum atomic E-state index is -0.389. The van der Waals surface area contributed by atoms with Crippen LogP contribution in [0.1, 0.15) is 22.0 Å². The fourth-order valence-corrected chi connectivity index (χ4v) is 3.00. The largest absolute Gasteiger partial charge is 0.334 e. The average molecular weight is 438 g/mol. The molecule has 3 rings (SSSR count). The highest BCUT2D eigenvalue weighted by Crippen LogP contribution is 2.18. The Hall–Kier alpha value is -2.25. The summed E-state index contributed by atoms with van der Waals surface area (Å²) in [5.41, 5.74) is 1.16. The van der Waals surface area contributed by atoms with Crippen LogP contribution in [0.15, 0.2) is 46.9 Å². The number of benzene rings is 2. The van der Waals surface area contributed by atoms with Gasteiger partial charge in [-0.25, -0.2) is 14.1 Å². The van der Waals surface area contributed by atoms with Gasteiger partial charge in [0.15, 0.2) is 0 Å². The molecule has 134 valence electrons. The molecular formula is C18H15BrClFN4O. The van der Waals surface area contributed by atoms with Gasteiger partial charge < -0.3 is 4.90 Å². The Labute approximate surface area is 163 Å². The number of hydrogen-bond acceptors (Lipinski definition) is 3. The van der Waals surface area contributed by atoms with Crippen LogP contribution in [0.2, 0.25) is 5.02 Å². The zero-order chi connectivity index (χ0) is 18.8. The summed E-state index contributed by atoms with van der Waals surface area (Å²) in [4.78, 5) is 18.2. The summed E-state index contributed by atoms with van der Waals surface area (Å²) in [6.07, 6.45) is 0. The fraction of sp³-hybridized carbons (Fsp3) is 0.167. The highest BCUT2D eigenvalue weighted by atomic mass is 79.9. The third kappa shape index (κ3) is 3.94. The molecule has 0 atom stereocenters. The number of rotatable bonds is 4. The van der Waals surface area contributed by atoms with Crippen LogP contribution >= 0.6 is 27.5 Å². The van der Waals surface area contributed by atoms with E-state index < -0.39 is 0 Å². The van der Waals surface area contributed by atoms with Gasteiger partial charge in [0.05, 0.1) is 5.69 Å². The van der Waals surface area contributed by atoms with Crippen molar-refractivity contribution in [3.05, 3.63) is 75.0 Å². The Balaban J connectivity index is 1.82. The fourth-order valence-electron chi connectivity index (χ4n) is 2.47. The van der Waals surface area contributed by atoms with Gasteiger partial charge in [-0.1, -0.05) is 27.5 Å². The number of hydrogen-bond donors (Lipinski definition) is 0. The van der Waals surface area contributed by atoms with Crippen molar-refractivity contribution < 1.29 is 9.18 Å². The second-order valence-corrected chi connectivity index (χ2v) is 7.12. The summed E-state index contributed by atoms with van der Waals surface area (Å²) in [5.74, 6) is -0.142. The molecule has 0 unspecified atom stereocenters. The Morgan fingerprint density at radius 1 is 1.27 bits per heavy atom. The van der Waals surface area contributed by atoms with Crippen LogP contribution in [-0.2, 0) is 6.54 Å². The number of carbonyl (C=O) groups is 1. The van der Waals surface area contributed by atoms with Crippen molar-refractivity contribution in [1.29, 1.82) is 0 Å². The highest BCUT2D eigenvalue weighted by Gasteiger charge is 2.20.